The normalized spacial score (nSPS) is 10.5. The number of nitrogens with zero attached hydrogens (tertiary/aromatic N) is 1. The first-order valence-electron chi connectivity index (χ1n) is 6.88. The number of carbonyl (C=O) groups is 1. The van der Waals surface area contributed by atoms with Crippen molar-refractivity contribution < 1.29 is 18.1 Å². The highest BCUT2D eigenvalue weighted by Crippen LogP contribution is 2.19. The Kier molecular flexibility index (Phi) is 4.14. The number of hydrogen-bond acceptors (Lipinski definition) is 3. The van der Waals surface area contributed by atoms with Crippen molar-refractivity contribution in [2.24, 2.45) is 0 Å². The molecule has 0 aliphatic heterocycles. The fourth-order valence-corrected chi connectivity index (χ4v) is 2.07. The Morgan fingerprint density at radius 1 is 1.09 bits per heavy atom. The van der Waals surface area contributed by atoms with Gasteiger partial charge >= 0.3 is 0 Å². The van der Waals surface area contributed by atoms with Gasteiger partial charge in [0.15, 0.2) is 5.76 Å². The maximum Gasteiger partial charge on any atom is 0.254 e. The summed E-state index contributed by atoms with van der Waals surface area (Å²) in [4.78, 5) is 11.9. The van der Waals surface area contributed by atoms with Crippen LogP contribution >= 0.6 is 0 Å². The summed E-state index contributed by atoms with van der Waals surface area (Å²) >= 11 is 0. The minimum atomic E-state index is -0.910. The van der Waals surface area contributed by atoms with Crippen molar-refractivity contribution in [3.8, 4) is 11.3 Å². The molecule has 3 rings (SSSR count). The van der Waals surface area contributed by atoms with Crippen LogP contribution in [0.2, 0.25) is 0 Å². The minimum Gasteiger partial charge on any atom is -0.356 e. The van der Waals surface area contributed by atoms with Gasteiger partial charge in [0.1, 0.15) is 17.3 Å². The fourth-order valence-electron chi connectivity index (χ4n) is 2.07. The molecule has 23 heavy (non-hydrogen) atoms. The van der Waals surface area contributed by atoms with Gasteiger partial charge in [-0.15, -0.1) is 0 Å². The Labute approximate surface area is 130 Å². The highest BCUT2D eigenvalue weighted by Gasteiger charge is 2.13. The lowest BCUT2D eigenvalue weighted by Gasteiger charge is -2.04. The van der Waals surface area contributed by atoms with Crippen LogP contribution in [-0.4, -0.2) is 11.1 Å². The van der Waals surface area contributed by atoms with Crippen molar-refractivity contribution in [1.82, 2.24) is 10.5 Å². The molecule has 3 aromatic rings. The van der Waals surface area contributed by atoms with Crippen LogP contribution in [0.1, 0.15) is 16.1 Å². The zero-order valence-corrected chi connectivity index (χ0v) is 11.9. The van der Waals surface area contributed by atoms with E-state index in [-0.39, 0.29) is 12.1 Å². The highest BCUT2D eigenvalue weighted by atomic mass is 19.1. The number of carbonyl (C=O) groups excluding carboxylic acids is 1. The number of benzene rings is 2. The van der Waals surface area contributed by atoms with Gasteiger partial charge < -0.3 is 9.84 Å². The lowest BCUT2D eigenvalue weighted by molar-refractivity contribution is 0.0946. The Morgan fingerprint density at radius 2 is 1.87 bits per heavy atom. The molecule has 0 saturated carbocycles. The standard InChI is InChI=1S/C17H12F2N2O2/c18-12-6-7-14(15(19)8-12)17(22)20-10-13-9-16(23-21-13)11-4-2-1-3-5-11/h1-9H,10H2,(H,20,22). The number of aromatic nitrogens is 1. The third kappa shape index (κ3) is 3.42. The predicted molar refractivity (Wildman–Crippen MR) is 79.5 cm³/mol. The van der Waals surface area contributed by atoms with Crippen molar-refractivity contribution in [2.45, 2.75) is 6.54 Å². The summed E-state index contributed by atoms with van der Waals surface area (Å²) in [7, 11) is 0. The van der Waals surface area contributed by atoms with E-state index < -0.39 is 17.5 Å². The summed E-state index contributed by atoms with van der Waals surface area (Å²) < 4.78 is 31.6. The number of hydrogen-bond donors (Lipinski definition) is 1. The third-order valence-corrected chi connectivity index (χ3v) is 3.22. The molecule has 0 fully saturated rings. The molecule has 0 bridgehead atoms. The van der Waals surface area contributed by atoms with Crippen LogP contribution < -0.4 is 5.32 Å². The summed E-state index contributed by atoms with van der Waals surface area (Å²) in [5.41, 5.74) is 1.14. The molecule has 0 saturated heterocycles. The summed E-state index contributed by atoms with van der Waals surface area (Å²) in [6.45, 7) is 0.0754. The molecule has 1 heterocycles. The topological polar surface area (TPSA) is 55.1 Å². The van der Waals surface area contributed by atoms with Crippen LogP contribution in [0.25, 0.3) is 11.3 Å². The SMILES string of the molecule is O=C(NCc1cc(-c2ccccc2)on1)c1ccc(F)cc1F. The van der Waals surface area contributed by atoms with Gasteiger partial charge in [-0.3, -0.25) is 4.79 Å². The van der Waals surface area contributed by atoms with Gasteiger partial charge in [0.2, 0.25) is 0 Å². The quantitative estimate of drug-likeness (QED) is 0.801. The average molecular weight is 314 g/mol. The van der Waals surface area contributed by atoms with Crippen molar-refractivity contribution in [1.29, 1.82) is 0 Å². The molecular formula is C17H12F2N2O2. The van der Waals surface area contributed by atoms with E-state index in [9.17, 15) is 13.6 Å². The zero-order valence-electron chi connectivity index (χ0n) is 11.9. The Balaban J connectivity index is 1.67. The van der Waals surface area contributed by atoms with Crippen LogP contribution in [-0.2, 0) is 6.54 Å². The Hall–Kier alpha value is -3.02. The van der Waals surface area contributed by atoms with Crippen molar-refractivity contribution in [2.75, 3.05) is 0 Å². The summed E-state index contributed by atoms with van der Waals surface area (Å²) in [5.74, 6) is -1.72. The molecule has 0 unspecified atom stereocenters. The lowest BCUT2D eigenvalue weighted by Crippen LogP contribution is -2.24. The molecule has 0 aliphatic carbocycles. The monoisotopic (exact) mass is 314 g/mol. The van der Waals surface area contributed by atoms with Crippen LogP contribution in [0, 0.1) is 11.6 Å². The summed E-state index contributed by atoms with van der Waals surface area (Å²) in [6.07, 6.45) is 0. The van der Waals surface area contributed by atoms with Crippen LogP contribution in [0.15, 0.2) is 59.1 Å². The molecule has 0 spiro atoms. The number of amides is 1. The molecule has 4 nitrogen and oxygen atoms in total. The molecule has 1 N–H and O–H groups in total. The zero-order chi connectivity index (χ0) is 16.2. The van der Waals surface area contributed by atoms with Gasteiger partial charge in [0.25, 0.3) is 5.91 Å². The van der Waals surface area contributed by atoms with Gasteiger partial charge in [-0.25, -0.2) is 8.78 Å². The van der Waals surface area contributed by atoms with E-state index >= 15 is 0 Å². The molecule has 0 aliphatic rings. The van der Waals surface area contributed by atoms with Gasteiger partial charge in [-0.05, 0) is 12.1 Å². The highest BCUT2D eigenvalue weighted by molar-refractivity contribution is 5.94. The van der Waals surface area contributed by atoms with Gasteiger partial charge in [-0.1, -0.05) is 35.5 Å². The summed E-state index contributed by atoms with van der Waals surface area (Å²) in [6, 6.07) is 13.9. The first-order chi connectivity index (χ1) is 11.1. The maximum absolute atomic E-state index is 13.5. The second-order valence-electron chi connectivity index (χ2n) is 4.86. The fraction of sp³-hybridized carbons (Fsp3) is 0.0588. The number of nitrogens with one attached hydrogen (secondary N) is 1. The molecular weight excluding hydrogens is 302 g/mol. The maximum atomic E-state index is 13.5. The lowest BCUT2D eigenvalue weighted by atomic mass is 10.1. The van der Waals surface area contributed by atoms with E-state index in [0.29, 0.717) is 17.5 Å². The largest absolute Gasteiger partial charge is 0.356 e. The molecule has 1 aromatic heterocycles. The predicted octanol–water partition coefficient (Wildman–Crippen LogP) is 3.55. The first-order valence-corrected chi connectivity index (χ1v) is 6.88. The van der Waals surface area contributed by atoms with E-state index in [0.717, 1.165) is 17.7 Å². The van der Waals surface area contributed by atoms with Crippen molar-refractivity contribution in [3.63, 3.8) is 0 Å². The number of rotatable bonds is 4. The Morgan fingerprint density at radius 3 is 2.61 bits per heavy atom. The van der Waals surface area contributed by atoms with Crippen molar-refractivity contribution in [3.05, 3.63) is 77.5 Å². The second-order valence-corrected chi connectivity index (χ2v) is 4.86. The van der Waals surface area contributed by atoms with E-state index in [4.69, 9.17) is 4.52 Å². The summed E-state index contributed by atoms with van der Waals surface area (Å²) in [5, 5.41) is 6.37. The van der Waals surface area contributed by atoms with Gasteiger partial charge in [-0.2, -0.15) is 0 Å². The average Bonchev–Trinajstić information content (AvgIpc) is 3.02. The molecule has 6 heteroatoms. The smallest absolute Gasteiger partial charge is 0.254 e. The molecule has 116 valence electrons. The van der Waals surface area contributed by atoms with Gasteiger partial charge in [0, 0.05) is 17.7 Å². The van der Waals surface area contributed by atoms with Crippen molar-refractivity contribution >= 4 is 5.91 Å². The van der Waals surface area contributed by atoms with Crippen LogP contribution in [0.4, 0.5) is 8.78 Å². The van der Waals surface area contributed by atoms with E-state index in [2.05, 4.69) is 10.5 Å². The Bertz CT molecular complexity index is 832. The number of halogens is 2. The molecule has 0 radical (unpaired) electrons. The second kappa shape index (κ2) is 6.39. The third-order valence-electron chi connectivity index (χ3n) is 3.22. The first kappa shape index (κ1) is 14.9. The van der Waals surface area contributed by atoms with Gasteiger partial charge in [0.05, 0.1) is 12.1 Å². The molecule has 2 aromatic carbocycles. The van der Waals surface area contributed by atoms with E-state index in [1.54, 1.807) is 6.07 Å². The van der Waals surface area contributed by atoms with Crippen LogP contribution in [0.3, 0.4) is 0 Å². The molecule has 1 amide bonds. The van der Waals surface area contributed by atoms with E-state index in [1.807, 2.05) is 30.3 Å². The molecule has 0 atom stereocenters. The van der Waals surface area contributed by atoms with Crippen LogP contribution in [0.5, 0.6) is 0 Å². The van der Waals surface area contributed by atoms with E-state index in [1.165, 1.54) is 0 Å². The minimum absolute atomic E-state index is 0.0754.